The number of benzene rings is 1. The molecule has 0 fully saturated rings. The maximum absolute atomic E-state index is 6.33. The first-order chi connectivity index (χ1) is 9.29. The Labute approximate surface area is 123 Å². The second-order valence-corrected chi connectivity index (χ2v) is 6.46. The van der Waals surface area contributed by atoms with Gasteiger partial charge in [-0.1, -0.05) is 42.8 Å². The molecule has 1 heterocycles. The third-order valence-electron chi connectivity index (χ3n) is 3.91. The molecular weight excluding hydrogens is 274 g/mol. The summed E-state index contributed by atoms with van der Waals surface area (Å²) >= 11 is 8.10. The van der Waals surface area contributed by atoms with Crippen LogP contribution in [0.5, 0.6) is 0 Å². The summed E-state index contributed by atoms with van der Waals surface area (Å²) in [4.78, 5) is 1.29. The first kappa shape index (κ1) is 13.2. The number of halogens is 1. The molecule has 0 amide bonds. The van der Waals surface area contributed by atoms with Crippen LogP contribution in [0.25, 0.3) is 0 Å². The van der Waals surface area contributed by atoms with E-state index in [1.54, 1.807) is 11.3 Å². The molecule has 1 aliphatic carbocycles. The summed E-state index contributed by atoms with van der Waals surface area (Å²) in [5.74, 6) is 0.619. The molecule has 0 radical (unpaired) electrons. The van der Waals surface area contributed by atoms with Crippen LogP contribution in [0, 0.1) is 5.92 Å². The third-order valence-corrected chi connectivity index (χ3v) is 5.35. The molecule has 0 spiro atoms. The predicted molar refractivity (Wildman–Crippen MR) is 83.1 cm³/mol. The fraction of sp³-hybridized carbons (Fsp3) is 0.375. The van der Waals surface area contributed by atoms with Crippen molar-refractivity contribution in [3.63, 3.8) is 0 Å². The van der Waals surface area contributed by atoms with Gasteiger partial charge in [-0.05, 0) is 47.9 Å². The third kappa shape index (κ3) is 2.58. The van der Waals surface area contributed by atoms with Gasteiger partial charge in [-0.25, -0.2) is 0 Å². The van der Waals surface area contributed by atoms with Gasteiger partial charge in [-0.2, -0.15) is 0 Å². The van der Waals surface area contributed by atoms with Crippen molar-refractivity contribution in [1.82, 2.24) is 5.32 Å². The monoisotopic (exact) mass is 291 g/mol. The van der Waals surface area contributed by atoms with Crippen molar-refractivity contribution < 1.29 is 0 Å². The molecule has 1 unspecified atom stereocenters. The van der Waals surface area contributed by atoms with E-state index in [-0.39, 0.29) is 0 Å². The van der Waals surface area contributed by atoms with Crippen molar-refractivity contribution in [2.45, 2.75) is 25.8 Å². The molecule has 1 nitrogen and oxygen atoms in total. The SMILES string of the molecule is CCNC(c1sccc1Cl)C1Cc2ccccc2C1. The molecule has 2 aromatic rings. The molecule has 1 aromatic carbocycles. The first-order valence-corrected chi connectivity index (χ1v) is 8.08. The average molecular weight is 292 g/mol. The first-order valence-electron chi connectivity index (χ1n) is 6.82. The maximum atomic E-state index is 6.33. The Balaban J connectivity index is 1.86. The largest absolute Gasteiger partial charge is 0.309 e. The van der Waals surface area contributed by atoms with E-state index >= 15 is 0 Å². The molecule has 3 rings (SSSR count). The molecule has 1 aromatic heterocycles. The van der Waals surface area contributed by atoms with Crippen LogP contribution >= 0.6 is 22.9 Å². The summed E-state index contributed by atoms with van der Waals surface area (Å²) in [5.41, 5.74) is 3.01. The number of hydrogen-bond donors (Lipinski definition) is 1. The zero-order valence-electron chi connectivity index (χ0n) is 11.0. The van der Waals surface area contributed by atoms with Crippen LogP contribution in [-0.2, 0) is 12.8 Å². The Morgan fingerprint density at radius 3 is 2.47 bits per heavy atom. The highest BCUT2D eigenvalue weighted by molar-refractivity contribution is 7.10. The predicted octanol–water partition coefficient (Wildman–Crippen LogP) is 4.47. The lowest BCUT2D eigenvalue weighted by molar-refractivity contribution is 0.386. The van der Waals surface area contributed by atoms with Gasteiger partial charge in [-0.3, -0.25) is 0 Å². The molecule has 1 atom stereocenters. The van der Waals surface area contributed by atoms with E-state index in [1.807, 2.05) is 6.07 Å². The fourth-order valence-electron chi connectivity index (χ4n) is 3.05. The van der Waals surface area contributed by atoms with Crippen molar-refractivity contribution in [2.75, 3.05) is 6.54 Å². The average Bonchev–Trinajstić information content (AvgIpc) is 3.02. The molecular formula is C16H18ClNS. The van der Waals surface area contributed by atoms with Gasteiger partial charge in [0, 0.05) is 10.9 Å². The Morgan fingerprint density at radius 1 is 1.26 bits per heavy atom. The summed E-state index contributed by atoms with van der Waals surface area (Å²) in [6.45, 7) is 3.14. The summed E-state index contributed by atoms with van der Waals surface area (Å²) in [7, 11) is 0. The zero-order valence-corrected chi connectivity index (χ0v) is 12.6. The highest BCUT2D eigenvalue weighted by atomic mass is 35.5. The van der Waals surface area contributed by atoms with Crippen LogP contribution in [-0.4, -0.2) is 6.54 Å². The van der Waals surface area contributed by atoms with Crippen molar-refractivity contribution in [3.05, 3.63) is 56.7 Å². The Morgan fingerprint density at radius 2 is 1.95 bits per heavy atom. The lowest BCUT2D eigenvalue weighted by Crippen LogP contribution is -2.28. The quantitative estimate of drug-likeness (QED) is 0.876. The highest BCUT2D eigenvalue weighted by Crippen LogP contribution is 2.39. The van der Waals surface area contributed by atoms with E-state index in [2.05, 4.69) is 41.9 Å². The number of thiophene rings is 1. The standard InChI is InChI=1S/C16H18ClNS/c1-2-18-15(16-14(17)7-8-19-16)13-9-11-5-3-4-6-12(11)10-13/h3-8,13,15,18H,2,9-10H2,1H3. The minimum absolute atomic E-state index is 0.380. The molecule has 100 valence electrons. The van der Waals surface area contributed by atoms with Crippen LogP contribution in [0.15, 0.2) is 35.7 Å². The molecule has 1 aliphatic rings. The number of rotatable bonds is 4. The van der Waals surface area contributed by atoms with Crippen molar-refractivity contribution in [3.8, 4) is 0 Å². The highest BCUT2D eigenvalue weighted by Gasteiger charge is 2.30. The van der Waals surface area contributed by atoms with Crippen LogP contribution in [0.3, 0.4) is 0 Å². The van der Waals surface area contributed by atoms with Crippen LogP contribution in [0.1, 0.15) is 29.0 Å². The van der Waals surface area contributed by atoms with Gasteiger partial charge >= 0.3 is 0 Å². The zero-order chi connectivity index (χ0) is 13.2. The van der Waals surface area contributed by atoms with Gasteiger partial charge in [-0.15, -0.1) is 11.3 Å². The Hall–Kier alpha value is -0.830. The van der Waals surface area contributed by atoms with Gasteiger partial charge < -0.3 is 5.32 Å². The van der Waals surface area contributed by atoms with E-state index in [1.165, 1.54) is 16.0 Å². The molecule has 0 aliphatic heterocycles. The van der Waals surface area contributed by atoms with E-state index in [0.29, 0.717) is 12.0 Å². The van der Waals surface area contributed by atoms with Crippen molar-refractivity contribution in [1.29, 1.82) is 0 Å². The Kier molecular flexibility index (Phi) is 3.92. The molecule has 0 saturated heterocycles. The molecule has 0 saturated carbocycles. The lowest BCUT2D eigenvalue weighted by atomic mass is 9.95. The second-order valence-electron chi connectivity index (χ2n) is 5.11. The van der Waals surface area contributed by atoms with Crippen molar-refractivity contribution >= 4 is 22.9 Å². The number of hydrogen-bond acceptors (Lipinski definition) is 2. The summed E-state index contributed by atoms with van der Waals surface area (Å²) in [6.07, 6.45) is 2.31. The van der Waals surface area contributed by atoms with Gasteiger partial charge in [0.2, 0.25) is 0 Å². The van der Waals surface area contributed by atoms with E-state index in [0.717, 1.165) is 24.4 Å². The van der Waals surface area contributed by atoms with E-state index in [4.69, 9.17) is 11.6 Å². The van der Waals surface area contributed by atoms with Crippen LogP contribution in [0.2, 0.25) is 5.02 Å². The molecule has 1 N–H and O–H groups in total. The van der Waals surface area contributed by atoms with Gasteiger partial charge in [0.05, 0.1) is 5.02 Å². The second kappa shape index (κ2) is 5.66. The molecule has 0 bridgehead atoms. The van der Waals surface area contributed by atoms with Gasteiger partial charge in [0.15, 0.2) is 0 Å². The maximum Gasteiger partial charge on any atom is 0.0561 e. The molecule has 19 heavy (non-hydrogen) atoms. The van der Waals surface area contributed by atoms with Crippen LogP contribution in [0.4, 0.5) is 0 Å². The van der Waals surface area contributed by atoms with Crippen LogP contribution < -0.4 is 5.32 Å². The number of nitrogens with one attached hydrogen (secondary N) is 1. The van der Waals surface area contributed by atoms with Crippen molar-refractivity contribution in [2.24, 2.45) is 5.92 Å². The number of fused-ring (bicyclic) bond motifs is 1. The fourth-order valence-corrected chi connectivity index (χ4v) is 4.39. The van der Waals surface area contributed by atoms with Gasteiger partial charge in [0.1, 0.15) is 0 Å². The molecule has 3 heteroatoms. The van der Waals surface area contributed by atoms with E-state index < -0.39 is 0 Å². The topological polar surface area (TPSA) is 12.0 Å². The van der Waals surface area contributed by atoms with Gasteiger partial charge in [0.25, 0.3) is 0 Å². The minimum atomic E-state index is 0.380. The Bertz CT molecular complexity index is 538. The minimum Gasteiger partial charge on any atom is -0.309 e. The normalized spacial score (nSPS) is 16.5. The summed E-state index contributed by atoms with van der Waals surface area (Å²) in [6, 6.07) is 11.2. The summed E-state index contributed by atoms with van der Waals surface area (Å²) < 4.78 is 0. The summed E-state index contributed by atoms with van der Waals surface area (Å²) in [5, 5.41) is 6.63. The lowest BCUT2D eigenvalue weighted by Gasteiger charge is -2.23. The smallest absolute Gasteiger partial charge is 0.0561 e. The van der Waals surface area contributed by atoms with E-state index in [9.17, 15) is 0 Å².